The fourth-order valence-corrected chi connectivity index (χ4v) is 2.27. The first-order valence-corrected chi connectivity index (χ1v) is 6.95. The number of nitrogens with two attached hydrogens (primary N) is 1. The Morgan fingerprint density at radius 2 is 2.11 bits per heavy atom. The molecular formula is C14H24N4O. The van der Waals surface area contributed by atoms with E-state index >= 15 is 0 Å². The largest absolute Gasteiger partial charge is 0.377 e. The fraction of sp³-hybridized carbons (Fsp3) is 0.714. The van der Waals surface area contributed by atoms with Crippen molar-refractivity contribution in [3.05, 3.63) is 18.0 Å². The summed E-state index contributed by atoms with van der Waals surface area (Å²) in [6.45, 7) is 8.66. The Hall–Kier alpha value is -1.20. The predicted octanol–water partition coefficient (Wildman–Crippen LogP) is 1.37. The van der Waals surface area contributed by atoms with Gasteiger partial charge < -0.3 is 15.4 Å². The summed E-state index contributed by atoms with van der Waals surface area (Å²) < 4.78 is 5.51. The predicted molar refractivity (Wildman–Crippen MR) is 76.2 cm³/mol. The van der Waals surface area contributed by atoms with Gasteiger partial charge in [-0.25, -0.2) is 9.97 Å². The molecule has 1 unspecified atom stereocenters. The molecule has 19 heavy (non-hydrogen) atoms. The van der Waals surface area contributed by atoms with Gasteiger partial charge in [-0.05, 0) is 32.3 Å². The molecule has 0 aromatic carbocycles. The molecule has 0 bridgehead atoms. The van der Waals surface area contributed by atoms with Crippen LogP contribution in [0.5, 0.6) is 0 Å². The van der Waals surface area contributed by atoms with Crippen molar-refractivity contribution in [3.63, 3.8) is 0 Å². The van der Waals surface area contributed by atoms with Crippen LogP contribution in [0.25, 0.3) is 0 Å². The van der Waals surface area contributed by atoms with E-state index < -0.39 is 0 Å². The lowest BCUT2D eigenvalue weighted by Gasteiger charge is -2.42. The van der Waals surface area contributed by atoms with Gasteiger partial charge in [0.25, 0.3) is 0 Å². The fourth-order valence-electron chi connectivity index (χ4n) is 2.27. The number of hydrogen-bond donors (Lipinski definition) is 1. The Kier molecular flexibility index (Phi) is 4.37. The molecule has 2 N–H and O–H groups in total. The molecule has 1 aliphatic heterocycles. The van der Waals surface area contributed by atoms with Gasteiger partial charge in [0.2, 0.25) is 5.95 Å². The number of hydrogen-bond acceptors (Lipinski definition) is 5. The van der Waals surface area contributed by atoms with Crippen LogP contribution in [0.1, 0.15) is 32.8 Å². The molecule has 0 radical (unpaired) electrons. The smallest absolute Gasteiger partial charge is 0.225 e. The van der Waals surface area contributed by atoms with E-state index in [1.807, 2.05) is 12.4 Å². The second-order valence-corrected chi connectivity index (χ2v) is 5.78. The lowest BCUT2D eigenvalue weighted by Crippen LogP contribution is -2.53. The first-order chi connectivity index (χ1) is 9.03. The van der Waals surface area contributed by atoms with Crippen molar-refractivity contribution in [2.45, 2.75) is 45.2 Å². The molecular weight excluding hydrogens is 240 g/mol. The number of nitrogens with zero attached hydrogens (tertiary/aromatic N) is 3. The molecule has 1 aromatic heterocycles. The van der Waals surface area contributed by atoms with Crippen molar-refractivity contribution in [2.24, 2.45) is 5.73 Å². The molecule has 0 saturated carbocycles. The van der Waals surface area contributed by atoms with Crippen molar-refractivity contribution in [1.29, 1.82) is 0 Å². The highest BCUT2D eigenvalue weighted by Gasteiger charge is 2.32. The first-order valence-electron chi connectivity index (χ1n) is 6.95. The molecule has 1 atom stereocenters. The van der Waals surface area contributed by atoms with Gasteiger partial charge in [0.05, 0.1) is 18.8 Å². The molecule has 2 heterocycles. The van der Waals surface area contributed by atoms with Crippen molar-refractivity contribution in [1.82, 2.24) is 9.97 Å². The molecule has 106 valence electrons. The zero-order chi connectivity index (χ0) is 13.9. The van der Waals surface area contributed by atoms with Crippen LogP contribution in [0.3, 0.4) is 0 Å². The van der Waals surface area contributed by atoms with E-state index in [2.05, 4.69) is 35.6 Å². The van der Waals surface area contributed by atoms with Gasteiger partial charge in [-0.15, -0.1) is 0 Å². The Balaban J connectivity index is 2.09. The van der Waals surface area contributed by atoms with E-state index in [0.29, 0.717) is 6.61 Å². The average Bonchev–Trinajstić information content (AvgIpc) is 2.39. The highest BCUT2D eigenvalue weighted by Crippen LogP contribution is 2.23. The van der Waals surface area contributed by atoms with Gasteiger partial charge in [-0.2, -0.15) is 0 Å². The Labute approximate surface area is 115 Å². The quantitative estimate of drug-likeness (QED) is 0.890. The van der Waals surface area contributed by atoms with E-state index in [0.717, 1.165) is 37.5 Å². The van der Waals surface area contributed by atoms with E-state index in [9.17, 15) is 0 Å². The zero-order valence-electron chi connectivity index (χ0n) is 12.1. The Morgan fingerprint density at radius 3 is 2.68 bits per heavy atom. The molecule has 1 saturated heterocycles. The van der Waals surface area contributed by atoms with Crippen molar-refractivity contribution >= 4 is 5.95 Å². The van der Waals surface area contributed by atoms with E-state index in [1.54, 1.807) is 0 Å². The van der Waals surface area contributed by atoms with Crippen LogP contribution in [0.15, 0.2) is 12.4 Å². The summed E-state index contributed by atoms with van der Waals surface area (Å²) in [5.41, 5.74) is 6.99. The summed E-state index contributed by atoms with van der Waals surface area (Å²) in [5.74, 6) is 0.780. The first kappa shape index (κ1) is 14.2. The monoisotopic (exact) mass is 264 g/mol. The van der Waals surface area contributed by atoms with E-state index in [1.165, 1.54) is 0 Å². The lowest BCUT2D eigenvalue weighted by molar-refractivity contribution is 0.0634. The SMILES string of the molecule is CCC(N)Cc1cnc(N2CCOCC2(C)C)nc1. The molecule has 1 aromatic rings. The van der Waals surface area contributed by atoms with Crippen LogP contribution in [-0.2, 0) is 11.2 Å². The van der Waals surface area contributed by atoms with Crippen LogP contribution in [0, 0.1) is 0 Å². The minimum atomic E-state index is -0.0560. The van der Waals surface area contributed by atoms with E-state index in [4.69, 9.17) is 10.5 Å². The molecule has 0 aliphatic carbocycles. The van der Waals surface area contributed by atoms with Gasteiger partial charge in [0.1, 0.15) is 0 Å². The van der Waals surface area contributed by atoms with Crippen LogP contribution < -0.4 is 10.6 Å². The second kappa shape index (κ2) is 5.84. The normalized spacial score (nSPS) is 20.3. The number of rotatable bonds is 4. The van der Waals surface area contributed by atoms with Crippen LogP contribution >= 0.6 is 0 Å². The maximum Gasteiger partial charge on any atom is 0.225 e. The van der Waals surface area contributed by atoms with Gasteiger partial charge in [0, 0.05) is 25.0 Å². The third-order valence-electron chi connectivity index (χ3n) is 3.60. The second-order valence-electron chi connectivity index (χ2n) is 5.78. The Morgan fingerprint density at radius 1 is 1.42 bits per heavy atom. The summed E-state index contributed by atoms with van der Waals surface area (Å²) in [4.78, 5) is 11.2. The molecule has 1 aliphatic rings. The summed E-state index contributed by atoms with van der Waals surface area (Å²) in [7, 11) is 0. The van der Waals surface area contributed by atoms with Gasteiger partial charge >= 0.3 is 0 Å². The molecule has 1 fully saturated rings. The Bertz CT molecular complexity index is 404. The standard InChI is InChI=1S/C14H24N4O/c1-4-12(15)7-11-8-16-13(17-9-11)18-5-6-19-10-14(18,2)3/h8-9,12H,4-7,10,15H2,1-3H3. The molecule has 0 spiro atoms. The molecule has 5 nitrogen and oxygen atoms in total. The molecule has 0 amide bonds. The minimum absolute atomic E-state index is 0.0560. The third kappa shape index (κ3) is 3.42. The van der Waals surface area contributed by atoms with Crippen molar-refractivity contribution < 1.29 is 4.74 Å². The third-order valence-corrected chi connectivity index (χ3v) is 3.60. The van der Waals surface area contributed by atoms with E-state index in [-0.39, 0.29) is 11.6 Å². The number of aromatic nitrogens is 2. The minimum Gasteiger partial charge on any atom is -0.377 e. The molecule has 2 rings (SSSR count). The number of morpholine rings is 1. The van der Waals surface area contributed by atoms with Gasteiger partial charge in [-0.1, -0.05) is 6.92 Å². The van der Waals surface area contributed by atoms with Crippen LogP contribution in [0.2, 0.25) is 0 Å². The van der Waals surface area contributed by atoms with Gasteiger partial charge in [0.15, 0.2) is 0 Å². The topological polar surface area (TPSA) is 64.3 Å². The lowest BCUT2D eigenvalue weighted by atomic mass is 10.0. The maximum atomic E-state index is 5.95. The number of anilines is 1. The average molecular weight is 264 g/mol. The van der Waals surface area contributed by atoms with Gasteiger partial charge in [-0.3, -0.25) is 0 Å². The van der Waals surface area contributed by atoms with Crippen molar-refractivity contribution in [3.8, 4) is 0 Å². The highest BCUT2D eigenvalue weighted by molar-refractivity contribution is 5.35. The maximum absolute atomic E-state index is 5.95. The number of ether oxygens (including phenoxy) is 1. The summed E-state index contributed by atoms with van der Waals surface area (Å²) in [6, 6.07) is 0.189. The zero-order valence-corrected chi connectivity index (χ0v) is 12.1. The highest BCUT2D eigenvalue weighted by atomic mass is 16.5. The van der Waals surface area contributed by atoms with Crippen LogP contribution in [-0.4, -0.2) is 41.3 Å². The summed E-state index contributed by atoms with van der Waals surface area (Å²) in [5, 5.41) is 0. The van der Waals surface area contributed by atoms with Crippen molar-refractivity contribution in [2.75, 3.05) is 24.7 Å². The summed E-state index contributed by atoms with van der Waals surface area (Å²) in [6.07, 6.45) is 5.59. The summed E-state index contributed by atoms with van der Waals surface area (Å²) >= 11 is 0. The molecule has 5 heteroatoms. The van der Waals surface area contributed by atoms with Crippen LogP contribution in [0.4, 0.5) is 5.95 Å².